The number of Topliss-reactive ketones (excluding diaryl/α,β-unsaturated/α-hetero) is 2. The Hall–Kier alpha value is -4.03. The highest BCUT2D eigenvalue weighted by Crippen LogP contribution is 2.53. The number of hydrogen-bond acceptors (Lipinski definition) is 11. The maximum Gasteiger partial charge on any atom is 0.308 e. The number of amides is 2. The second-order valence-corrected chi connectivity index (χ2v) is 10.5. The summed E-state index contributed by atoms with van der Waals surface area (Å²) in [5, 5.41) is 36.4. The van der Waals surface area contributed by atoms with Crippen molar-refractivity contribution in [1.82, 2.24) is 10.2 Å². The number of hydrogen-bond donors (Lipinski definition) is 4. The minimum absolute atomic E-state index is 0.00795. The summed E-state index contributed by atoms with van der Waals surface area (Å²) in [6.45, 7) is 2.23. The smallest absolute Gasteiger partial charge is 0.308 e. The minimum atomic E-state index is -2.75. The summed E-state index contributed by atoms with van der Waals surface area (Å²) in [4.78, 5) is 66.8. The number of likely N-dealkylation sites (N-methyl/N-ethyl adjacent to an activating group) is 1. The quantitative estimate of drug-likeness (QED) is 0.236. The maximum absolute atomic E-state index is 14.1. The summed E-state index contributed by atoms with van der Waals surface area (Å²) in [5.41, 5.74) is -2.45. The average Bonchev–Trinajstić information content (AvgIpc) is 2.80. The molecule has 0 spiro atoms. The first-order chi connectivity index (χ1) is 18.1. The van der Waals surface area contributed by atoms with Crippen molar-refractivity contribution in [3.63, 3.8) is 0 Å². The normalized spacial score (nSPS) is 26.1. The zero-order valence-electron chi connectivity index (χ0n) is 22.5. The molecule has 3 aliphatic carbocycles. The summed E-state index contributed by atoms with van der Waals surface area (Å²) < 4.78 is 5.31. The molecular formula is C27H31N3O9. The summed E-state index contributed by atoms with van der Waals surface area (Å²) in [6.07, 6.45) is 0.193. The van der Waals surface area contributed by atoms with Crippen molar-refractivity contribution in [1.29, 1.82) is 0 Å². The second-order valence-electron chi connectivity index (χ2n) is 10.5. The van der Waals surface area contributed by atoms with Gasteiger partial charge in [0.15, 0.2) is 11.4 Å². The zero-order valence-corrected chi connectivity index (χ0v) is 22.5. The number of aliphatic hydroxyl groups excluding tert-OH is 2. The number of aliphatic hydroxyl groups is 3. The van der Waals surface area contributed by atoms with Crippen LogP contribution in [0.3, 0.4) is 0 Å². The molecule has 1 aromatic rings. The topological polar surface area (TPSA) is 174 Å². The predicted molar refractivity (Wildman–Crippen MR) is 138 cm³/mol. The lowest BCUT2D eigenvalue weighted by molar-refractivity contribution is -0.153. The standard InChI is InChI=1S/C27H31N3O9/c1-11(31)28-26(37)20-23(34)21(30(5)6)15-10-13-9-14-16(29(3)4)7-8-17(39-12(2)32)19(14)22(33)18(13)24(35)27(15,38)25(20)36/h7-8,13,15,21,33,36,38H,9-10H2,1-6H3,(H,28,31,37)/t13-,15-,21-,27-/m0/s1. The summed E-state index contributed by atoms with van der Waals surface area (Å²) in [5.74, 6) is -8.18. The van der Waals surface area contributed by atoms with E-state index in [1.54, 1.807) is 25.1 Å². The van der Waals surface area contributed by atoms with Gasteiger partial charge in [-0.05, 0) is 50.6 Å². The average molecular weight is 542 g/mol. The van der Waals surface area contributed by atoms with Gasteiger partial charge in [-0.3, -0.25) is 34.2 Å². The number of anilines is 1. The lowest BCUT2D eigenvalue weighted by Gasteiger charge is -2.50. The second kappa shape index (κ2) is 9.62. The van der Waals surface area contributed by atoms with E-state index in [4.69, 9.17) is 4.74 Å². The predicted octanol–water partition coefficient (Wildman–Crippen LogP) is 0.427. The van der Waals surface area contributed by atoms with Crippen LogP contribution in [0.2, 0.25) is 0 Å². The van der Waals surface area contributed by atoms with Crippen molar-refractivity contribution in [2.24, 2.45) is 11.8 Å². The van der Waals surface area contributed by atoms with Crippen LogP contribution in [0.5, 0.6) is 5.75 Å². The van der Waals surface area contributed by atoms with Crippen LogP contribution in [0.1, 0.15) is 31.4 Å². The van der Waals surface area contributed by atoms with E-state index in [1.165, 1.54) is 32.0 Å². The van der Waals surface area contributed by atoms with Gasteiger partial charge in [-0.25, -0.2) is 0 Å². The van der Waals surface area contributed by atoms with E-state index in [2.05, 4.69) is 0 Å². The molecule has 0 aromatic heterocycles. The largest absolute Gasteiger partial charge is 0.508 e. The van der Waals surface area contributed by atoms with E-state index < -0.39 is 69.9 Å². The fourth-order valence-corrected chi connectivity index (χ4v) is 6.08. The fraction of sp³-hybridized carbons (Fsp3) is 0.444. The molecule has 1 saturated carbocycles. The van der Waals surface area contributed by atoms with Crippen molar-refractivity contribution in [3.05, 3.63) is 40.2 Å². The Morgan fingerprint density at radius 3 is 2.26 bits per heavy atom. The van der Waals surface area contributed by atoms with E-state index in [0.717, 1.165) is 6.92 Å². The van der Waals surface area contributed by atoms with Crippen molar-refractivity contribution in [3.8, 4) is 5.75 Å². The first kappa shape index (κ1) is 28.0. The Bertz CT molecular complexity index is 1390. The number of ether oxygens (including phenoxy) is 1. The number of ketones is 2. The molecule has 3 aliphatic rings. The molecule has 4 N–H and O–H groups in total. The zero-order chi connectivity index (χ0) is 29.1. The molecule has 2 amide bonds. The van der Waals surface area contributed by atoms with Crippen molar-refractivity contribution >= 4 is 40.8 Å². The molecule has 208 valence electrons. The van der Waals surface area contributed by atoms with Crippen molar-refractivity contribution in [2.75, 3.05) is 33.1 Å². The van der Waals surface area contributed by atoms with E-state index in [9.17, 15) is 39.3 Å². The Morgan fingerprint density at radius 1 is 1.08 bits per heavy atom. The fourth-order valence-electron chi connectivity index (χ4n) is 6.08. The molecule has 1 fully saturated rings. The van der Waals surface area contributed by atoms with Gasteiger partial charge >= 0.3 is 5.97 Å². The molecule has 0 heterocycles. The number of imide groups is 1. The molecule has 1 aromatic carbocycles. The Balaban J connectivity index is 1.98. The third kappa shape index (κ3) is 4.20. The van der Waals surface area contributed by atoms with Crippen LogP contribution < -0.4 is 15.0 Å². The van der Waals surface area contributed by atoms with E-state index in [-0.39, 0.29) is 29.7 Å². The lowest BCUT2D eigenvalue weighted by atomic mass is 9.57. The van der Waals surface area contributed by atoms with Crippen LogP contribution in [0.15, 0.2) is 29.0 Å². The van der Waals surface area contributed by atoms with Gasteiger partial charge in [-0.15, -0.1) is 0 Å². The van der Waals surface area contributed by atoms with Gasteiger partial charge in [0.05, 0.1) is 11.6 Å². The molecule has 12 heteroatoms. The number of esters is 1. The summed E-state index contributed by atoms with van der Waals surface area (Å²) in [7, 11) is 6.65. The number of carbonyl (C=O) groups excluding carboxylic acids is 5. The molecule has 12 nitrogen and oxygen atoms in total. The third-order valence-electron chi connectivity index (χ3n) is 7.57. The monoisotopic (exact) mass is 541 g/mol. The Labute approximate surface area is 224 Å². The highest BCUT2D eigenvalue weighted by molar-refractivity contribution is 6.26. The van der Waals surface area contributed by atoms with E-state index in [0.29, 0.717) is 11.3 Å². The highest BCUT2D eigenvalue weighted by Gasteiger charge is 2.64. The molecule has 0 saturated heterocycles. The number of nitrogens with one attached hydrogen (secondary N) is 1. The van der Waals surface area contributed by atoms with Gasteiger partial charge in [-0.1, -0.05) is 0 Å². The number of carbonyl (C=O) groups is 5. The molecule has 4 atom stereocenters. The van der Waals surface area contributed by atoms with Gasteiger partial charge in [0.1, 0.15) is 22.8 Å². The van der Waals surface area contributed by atoms with E-state index >= 15 is 0 Å². The van der Waals surface area contributed by atoms with Gasteiger partial charge in [0.25, 0.3) is 5.91 Å². The van der Waals surface area contributed by atoms with Crippen molar-refractivity contribution < 1.29 is 44.0 Å². The van der Waals surface area contributed by atoms with Crippen LogP contribution in [-0.2, 0) is 30.4 Å². The summed E-state index contributed by atoms with van der Waals surface area (Å²) in [6, 6.07) is 2.01. The molecule has 39 heavy (non-hydrogen) atoms. The summed E-state index contributed by atoms with van der Waals surface area (Å²) >= 11 is 0. The molecule has 0 bridgehead atoms. The minimum Gasteiger partial charge on any atom is -0.508 e. The highest BCUT2D eigenvalue weighted by atomic mass is 16.5. The molecule has 0 radical (unpaired) electrons. The Kier molecular flexibility index (Phi) is 6.90. The van der Waals surface area contributed by atoms with Crippen molar-refractivity contribution in [2.45, 2.75) is 38.3 Å². The van der Waals surface area contributed by atoms with Crippen LogP contribution in [0.4, 0.5) is 5.69 Å². The first-order valence-electron chi connectivity index (χ1n) is 12.3. The number of rotatable bonds is 4. The SMILES string of the molecule is CC(=O)NC(=O)C1=C(O)[C@@]2(O)C(=O)C3=C(O)c4c(OC(C)=O)ccc(N(C)C)c4C[C@H]3C[C@H]2[C@H](N(C)C)C1=O. The van der Waals surface area contributed by atoms with Gasteiger partial charge in [-0.2, -0.15) is 0 Å². The first-order valence-corrected chi connectivity index (χ1v) is 12.3. The number of benzene rings is 1. The third-order valence-corrected chi connectivity index (χ3v) is 7.57. The van der Waals surface area contributed by atoms with Gasteiger partial charge < -0.3 is 25.0 Å². The molecular weight excluding hydrogens is 510 g/mol. The van der Waals surface area contributed by atoms with Gasteiger partial charge in [0, 0.05) is 45.1 Å². The lowest BCUT2D eigenvalue weighted by Crippen LogP contribution is -2.66. The Morgan fingerprint density at radius 2 is 1.72 bits per heavy atom. The number of fused-ring (bicyclic) bond motifs is 3. The maximum atomic E-state index is 14.1. The van der Waals surface area contributed by atoms with Crippen LogP contribution >= 0.6 is 0 Å². The molecule has 0 aliphatic heterocycles. The van der Waals surface area contributed by atoms with Crippen LogP contribution in [0, 0.1) is 11.8 Å². The van der Waals surface area contributed by atoms with Crippen LogP contribution in [0.25, 0.3) is 5.76 Å². The number of nitrogens with zero attached hydrogens (tertiary/aromatic N) is 2. The van der Waals surface area contributed by atoms with Crippen LogP contribution in [-0.4, -0.2) is 89.4 Å². The van der Waals surface area contributed by atoms with Gasteiger partial charge in [0.2, 0.25) is 11.7 Å². The molecule has 4 rings (SSSR count). The van der Waals surface area contributed by atoms with E-state index in [1.807, 2.05) is 5.32 Å². The molecule has 0 unspecified atom stereocenters.